The molecule has 0 bridgehead atoms. The third-order valence-corrected chi connectivity index (χ3v) is 2.00. The van der Waals surface area contributed by atoms with E-state index in [1.807, 2.05) is 11.4 Å². The quantitative estimate of drug-likeness (QED) is 0.600. The first-order valence-electron chi connectivity index (χ1n) is 3.10. The van der Waals surface area contributed by atoms with Crippen LogP contribution in [0.15, 0.2) is 11.4 Å². The molecule has 0 amide bonds. The van der Waals surface area contributed by atoms with Crippen molar-refractivity contribution in [3.8, 4) is 0 Å². The standard InChI is InChI=1S/C7H9NS/c1-2-3-6-4-5-9-7(6)8/h4-5H,2-3H2,1H3. The van der Waals surface area contributed by atoms with E-state index in [0.717, 1.165) is 18.4 Å². The van der Waals surface area contributed by atoms with Crippen LogP contribution in [0.5, 0.6) is 0 Å². The van der Waals surface area contributed by atoms with Crippen LogP contribution < -0.4 is 5.73 Å². The lowest BCUT2D eigenvalue weighted by Gasteiger charge is -1.89. The van der Waals surface area contributed by atoms with Gasteiger partial charge in [0.2, 0.25) is 0 Å². The Morgan fingerprint density at radius 1 is 1.67 bits per heavy atom. The Kier molecular flexibility index (Phi) is 2.11. The monoisotopic (exact) mass is 139 g/mol. The zero-order valence-electron chi connectivity index (χ0n) is 5.42. The summed E-state index contributed by atoms with van der Waals surface area (Å²) in [5.74, 6) is 0. The molecule has 0 saturated carbocycles. The molecule has 1 nitrogen and oxygen atoms in total. The zero-order valence-corrected chi connectivity index (χ0v) is 6.24. The molecule has 1 aromatic rings. The van der Waals surface area contributed by atoms with Crippen LogP contribution in [0.4, 0.5) is 5.00 Å². The van der Waals surface area contributed by atoms with Crippen molar-refractivity contribution in [2.45, 2.75) is 19.8 Å². The second kappa shape index (κ2) is 2.87. The van der Waals surface area contributed by atoms with Gasteiger partial charge in [0.1, 0.15) is 5.00 Å². The van der Waals surface area contributed by atoms with Crippen LogP contribution in [0.2, 0.25) is 0 Å². The summed E-state index contributed by atoms with van der Waals surface area (Å²) in [6.45, 7) is 2.11. The Labute approximate surface area is 59.5 Å². The fourth-order valence-corrected chi connectivity index (χ4v) is 1.47. The number of rotatable bonds is 2. The summed E-state index contributed by atoms with van der Waals surface area (Å²) in [5, 5.41) is 2.40. The predicted molar refractivity (Wildman–Crippen MR) is 40.1 cm³/mol. The Hall–Kier alpha value is -0.500. The van der Waals surface area contributed by atoms with Gasteiger partial charge in [-0.3, -0.25) is 0 Å². The number of hydrogen-bond acceptors (Lipinski definition) is 1. The van der Waals surface area contributed by atoms with Gasteiger partial charge in [-0.25, -0.2) is 0 Å². The third kappa shape index (κ3) is 1.45. The van der Waals surface area contributed by atoms with E-state index in [0.29, 0.717) is 5.00 Å². The molecule has 0 aliphatic rings. The van der Waals surface area contributed by atoms with Gasteiger partial charge in [0.15, 0.2) is 0 Å². The Balaban J connectivity index is 2.69. The lowest BCUT2D eigenvalue weighted by atomic mass is 10.2. The second-order valence-electron chi connectivity index (χ2n) is 2.00. The van der Waals surface area contributed by atoms with Crippen LogP contribution in [0.25, 0.3) is 0 Å². The van der Waals surface area contributed by atoms with Gasteiger partial charge in [-0.2, -0.15) is 0 Å². The van der Waals surface area contributed by atoms with Crippen molar-refractivity contribution < 1.29 is 0 Å². The van der Waals surface area contributed by atoms with Gasteiger partial charge in [-0.1, -0.05) is 13.3 Å². The molecular formula is C7H9NS. The van der Waals surface area contributed by atoms with Crippen LogP contribution in [0, 0.1) is 0 Å². The lowest BCUT2D eigenvalue weighted by Crippen LogP contribution is -1.78. The summed E-state index contributed by atoms with van der Waals surface area (Å²) in [6.07, 6.45) is 2.10. The van der Waals surface area contributed by atoms with Crippen LogP contribution >= 0.6 is 11.3 Å². The Morgan fingerprint density at radius 2 is 2.44 bits per heavy atom. The molecule has 0 aliphatic heterocycles. The maximum Gasteiger partial charge on any atom is 0.142 e. The van der Waals surface area contributed by atoms with Crippen molar-refractivity contribution in [1.29, 1.82) is 0 Å². The van der Waals surface area contributed by atoms with E-state index in [4.69, 9.17) is 5.73 Å². The number of hydrogen-bond donors (Lipinski definition) is 0. The minimum Gasteiger partial charge on any atom is -0.138 e. The van der Waals surface area contributed by atoms with Gasteiger partial charge >= 0.3 is 0 Å². The molecule has 0 aromatic carbocycles. The molecule has 1 heterocycles. The third-order valence-electron chi connectivity index (χ3n) is 1.24. The highest BCUT2D eigenvalue weighted by atomic mass is 32.1. The average Bonchev–Trinajstić information content (AvgIpc) is 2.18. The molecule has 0 fully saturated rings. The average molecular weight is 139 g/mol. The topological polar surface area (TPSA) is 22.3 Å². The van der Waals surface area contributed by atoms with E-state index in [9.17, 15) is 0 Å². The molecule has 2 heteroatoms. The predicted octanol–water partition coefficient (Wildman–Crippen LogP) is 2.40. The molecule has 0 atom stereocenters. The van der Waals surface area contributed by atoms with Crippen molar-refractivity contribution in [1.82, 2.24) is 5.73 Å². The maximum atomic E-state index is 9.10. The number of aryl methyl sites for hydroxylation is 1. The Morgan fingerprint density at radius 3 is 2.89 bits per heavy atom. The van der Waals surface area contributed by atoms with Crippen LogP contribution in [-0.4, -0.2) is 0 Å². The normalized spacial score (nSPS) is 9.89. The molecule has 0 unspecified atom stereocenters. The van der Waals surface area contributed by atoms with Crippen molar-refractivity contribution in [3.63, 3.8) is 0 Å². The van der Waals surface area contributed by atoms with Crippen molar-refractivity contribution in [2.24, 2.45) is 0 Å². The van der Waals surface area contributed by atoms with E-state index in [1.54, 1.807) is 0 Å². The fraction of sp³-hybridized carbons (Fsp3) is 0.429. The summed E-state index contributed by atoms with van der Waals surface area (Å²) in [4.78, 5) is 0. The fourth-order valence-electron chi connectivity index (χ4n) is 0.787. The van der Waals surface area contributed by atoms with E-state index in [2.05, 4.69) is 6.92 Å². The van der Waals surface area contributed by atoms with Gasteiger partial charge in [-0.15, -0.1) is 17.1 Å². The first-order chi connectivity index (χ1) is 4.34. The van der Waals surface area contributed by atoms with Crippen LogP contribution in [-0.2, 0) is 6.42 Å². The van der Waals surface area contributed by atoms with Gasteiger partial charge in [-0.05, 0) is 23.4 Å². The SMILES string of the molecule is CCCc1ccsc1[N]. The van der Waals surface area contributed by atoms with E-state index < -0.39 is 0 Å². The van der Waals surface area contributed by atoms with E-state index in [1.165, 1.54) is 11.3 Å². The first-order valence-corrected chi connectivity index (χ1v) is 3.98. The van der Waals surface area contributed by atoms with E-state index in [-0.39, 0.29) is 0 Å². The second-order valence-corrected chi connectivity index (χ2v) is 2.90. The summed E-state index contributed by atoms with van der Waals surface area (Å²) in [5.41, 5.74) is 10.2. The highest BCUT2D eigenvalue weighted by Crippen LogP contribution is 2.21. The number of thiophene rings is 1. The van der Waals surface area contributed by atoms with Gasteiger partial charge in [0.05, 0.1) is 0 Å². The first kappa shape index (κ1) is 6.62. The van der Waals surface area contributed by atoms with Crippen molar-refractivity contribution >= 4 is 16.3 Å². The molecule has 0 spiro atoms. The molecular weight excluding hydrogens is 130 g/mol. The molecule has 2 radical (unpaired) electrons. The lowest BCUT2D eigenvalue weighted by molar-refractivity contribution is 0.925. The minimum atomic E-state index is 0.483. The minimum absolute atomic E-state index is 0.483. The largest absolute Gasteiger partial charge is 0.142 e. The molecule has 9 heavy (non-hydrogen) atoms. The van der Waals surface area contributed by atoms with Crippen LogP contribution in [0.3, 0.4) is 0 Å². The molecule has 0 saturated heterocycles. The van der Waals surface area contributed by atoms with Gasteiger partial charge in [0.25, 0.3) is 0 Å². The van der Waals surface area contributed by atoms with Gasteiger partial charge < -0.3 is 0 Å². The smallest absolute Gasteiger partial charge is 0.138 e. The maximum absolute atomic E-state index is 9.10. The molecule has 1 rings (SSSR count). The van der Waals surface area contributed by atoms with Crippen LogP contribution in [0.1, 0.15) is 18.9 Å². The van der Waals surface area contributed by atoms with Crippen molar-refractivity contribution in [3.05, 3.63) is 17.0 Å². The van der Waals surface area contributed by atoms with E-state index >= 15 is 0 Å². The molecule has 1 aromatic heterocycles. The molecule has 48 valence electrons. The highest BCUT2D eigenvalue weighted by molar-refractivity contribution is 7.13. The summed E-state index contributed by atoms with van der Waals surface area (Å²) < 4.78 is 0. The Bertz CT molecular complexity index is 181. The summed E-state index contributed by atoms with van der Waals surface area (Å²) >= 11 is 1.40. The zero-order chi connectivity index (χ0) is 6.69. The van der Waals surface area contributed by atoms with Crippen molar-refractivity contribution in [2.75, 3.05) is 0 Å². The number of nitrogens with zero attached hydrogens (tertiary/aromatic N) is 1. The van der Waals surface area contributed by atoms with Gasteiger partial charge in [0, 0.05) is 0 Å². The highest BCUT2D eigenvalue weighted by Gasteiger charge is 1.98. The molecule has 0 aliphatic carbocycles. The molecule has 0 N–H and O–H groups in total. The summed E-state index contributed by atoms with van der Waals surface area (Å²) in [6, 6.07) is 1.98. The summed E-state index contributed by atoms with van der Waals surface area (Å²) in [7, 11) is 0.